The summed E-state index contributed by atoms with van der Waals surface area (Å²) in [5.41, 5.74) is 5.09. The van der Waals surface area contributed by atoms with Crippen LogP contribution < -0.4 is 20.1 Å². The molecular weight excluding hydrogens is 314 g/mol. The van der Waals surface area contributed by atoms with Crippen LogP contribution in [-0.4, -0.2) is 17.9 Å². The number of ether oxygens (including phenoxy) is 2. The van der Waals surface area contributed by atoms with Crippen molar-refractivity contribution < 1.29 is 9.47 Å². The minimum absolute atomic E-state index is 0.0488. The first-order valence-corrected chi connectivity index (χ1v) is 8.53. The second-order valence-corrected chi connectivity index (χ2v) is 7.57. The Balaban J connectivity index is 1.80. The number of hydrogen-bond donors (Lipinski definition) is 2. The second kappa shape index (κ2) is 5.69. The fraction of sp³-hybridized carbons (Fsp3) is 0.350. The molecule has 0 bridgehead atoms. The summed E-state index contributed by atoms with van der Waals surface area (Å²) in [6, 6.07) is 12.1. The number of aromatic nitrogens is 1. The molecule has 0 aliphatic carbocycles. The highest BCUT2D eigenvalue weighted by Gasteiger charge is 2.33. The maximum absolute atomic E-state index is 5.54. The van der Waals surface area contributed by atoms with E-state index < -0.39 is 0 Å². The summed E-state index contributed by atoms with van der Waals surface area (Å²) in [6.07, 6.45) is 0.116. The molecule has 3 heterocycles. The minimum Gasteiger partial charge on any atom is -0.454 e. The molecule has 5 nitrogen and oxygen atoms in total. The second-order valence-electron chi connectivity index (χ2n) is 7.57. The molecule has 1 aromatic carbocycles. The lowest BCUT2D eigenvalue weighted by Gasteiger charge is -2.28. The van der Waals surface area contributed by atoms with E-state index in [9.17, 15) is 0 Å². The molecule has 0 saturated heterocycles. The first-order chi connectivity index (χ1) is 11.9. The van der Waals surface area contributed by atoms with Crippen LogP contribution in [-0.2, 0) is 0 Å². The lowest BCUT2D eigenvalue weighted by Crippen LogP contribution is -2.44. The van der Waals surface area contributed by atoms with Crippen molar-refractivity contribution in [2.24, 2.45) is 5.41 Å². The van der Waals surface area contributed by atoms with E-state index in [1.165, 1.54) is 0 Å². The third-order valence-electron chi connectivity index (χ3n) is 4.50. The van der Waals surface area contributed by atoms with Crippen LogP contribution in [0.4, 0.5) is 0 Å². The van der Waals surface area contributed by atoms with E-state index in [4.69, 9.17) is 14.5 Å². The first-order valence-electron chi connectivity index (χ1n) is 8.53. The standard InChI is InChI=1S/C20H23N3O2/c1-12-6-5-7-14(21-12)18-17(22-19(23-18)20(2,3)4)13-8-9-15-16(10-13)25-11-24-15/h5-10,19,22-23H,11H2,1-4H3. The Bertz CT molecular complexity index is 852. The largest absolute Gasteiger partial charge is 0.454 e. The van der Waals surface area contributed by atoms with Crippen LogP contribution in [0, 0.1) is 12.3 Å². The predicted octanol–water partition coefficient (Wildman–Crippen LogP) is 3.51. The van der Waals surface area contributed by atoms with Gasteiger partial charge >= 0.3 is 0 Å². The highest BCUT2D eigenvalue weighted by atomic mass is 16.7. The van der Waals surface area contributed by atoms with Crippen LogP contribution in [0.25, 0.3) is 11.4 Å². The van der Waals surface area contributed by atoms with Crippen molar-refractivity contribution in [3.63, 3.8) is 0 Å². The number of hydrogen-bond acceptors (Lipinski definition) is 5. The van der Waals surface area contributed by atoms with Crippen LogP contribution in [0.2, 0.25) is 0 Å². The van der Waals surface area contributed by atoms with Crippen LogP contribution in [0.5, 0.6) is 11.5 Å². The van der Waals surface area contributed by atoms with E-state index in [0.717, 1.165) is 39.8 Å². The molecule has 0 spiro atoms. The van der Waals surface area contributed by atoms with Gasteiger partial charge in [-0.2, -0.15) is 0 Å². The van der Waals surface area contributed by atoms with Gasteiger partial charge in [0.2, 0.25) is 6.79 Å². The topological polar surface area (TPSA) is 55.4 Å². The Hall–Kier alpha value is -2.69. The van der Waals surface area contributed by atoms with Crippen LogP contribution in [0.15, 0.2) is 36.4 Å². The molecule has 2 N–H and O–H groups in total. The Labute approximate surface area is 148 Å². The molecule has 4 rings (SSSR count). The molecule has 5 heteroatoms. The lowest BCUT2D eigenvalue weighted by atomic mass is 9.92. The minimum atomic E-state index is 0.0488. The summed E-state index contributed by atoms with van der Waals surface area (Å²) in [5.74, 6) is 1.57. The Morgan fingerprint density at radius 3 is 2.52 bits per heavy atom. The van der Waals surface area contributed by atoms with E-state index in [0.29, 0.717) is 0 Å². The molecule has 1 atom stereocenters. The summed E-state index contributed by atoms with van der Waals surface area (Å²) in [4.78, 5) is 4.70. The molecule has 0 amide bonds. The molecule has 2 aliphatic heterocycles. The molecule has 0 fully saturated rings. The number of nitrogens with zero attached hydrogens (tertiary/aromatic N) is 1. The Kier molecular flexibility index (Phi) is 3.60. The van der Waals surface area contributed by atoms with Gasteiger partial charge in [-0.05, 0) is 37.3 Å². The van der Waals surface area contributed by atoms with Crippen molar-refractivity contribution in [2.45, 2.75) is 33.9 Å². The average molecular weight is 337 g/mol. The molecule has 2 aliphatic rings. The van der Waals surface area contributed by atoms with Gasteiger partial charge in [-0.15, -0.1) is 0 Å². The quantitative estimate of drug-likeness (QED) is 0.878. The highest BCUT2D eigenvalue weighted by Crippen LogP contribution is 2.37. The van der Waals surface area contributed by atoms with Crippen molar-refractivity contribution in [1.82, 2.24) is 15.6 Å². The zero-order valence-electron chi connectivity index (χ0n) is 15.0. The van der Waals surface area contributed by atoms with E-state index in [2.05, 4.69) is 37.5 Å². The maximum atomic E-state index is 5.54. The number of pyridine rings is 1. The molecule has 1 unspecified atom stereocenters. The summed E-state index contributed by atoms with van der Waals surface area (Å²) < 4.78 is 11.0. The van der Waals surface area contributed by atoms with E-state index in [1.54, 1.807) is 0 Å². The maximum Gasteiger partial charge on any atom is 0.231 e. The molecule has 25 heavy (non-hydrogen) atoms. The number of nitrogens with one attached hydrogen (secondary N) is 2. The molecule has 130 valence electrons. The first kappa shape index (κ1) is 15.8. The number of benzene rings is 1. The van der Waals surface area contributed by atoms with Crippen molar-refractivity contribution in [3.8, 4) is 11.5 Å². The van der Waals surface area contributed by atoms with E-state index >= 15 is 0 Å². The van der Waals surface area contributed by atoms with Gasteiger partial charge < -0.3 is 20.1 Å². The zero-order valence-corrected chi connectivity index (χ0v) is 15.0. The van der Waals surface area contributed by atoms with Gasteiger partial charge in [0, 0.05) is 16.7 Å². The number of fused-ring (bicyclic) bond motifs is 1. The summed E-state index contributed by atoms with van der Waals surface area (Å²) >= 11 is 0. The third kappa shape index (κ3) is 2.90. The lowest BCUT2D eigenvalue weighted by molar-refractivity contribution is 0.174. The monoisotopic (exact) mass is 337 g/mol. The van der Waals surface area contributed by atoms with Gasteiger partial charge in [-0.1, -0.05) is 26.8 Å². The van der Waals surface area contributed by atoms with Crippen molar-refractivity contribution in [3.05, 3.63) is 53.3 Å². The highest BCUT2D eigenvalue weighted by molar-refractivity contribution is 5.90. The van der Waals surface area contributed by atoms with Gasteiger partial charge in [0.15, 0.2) is 11.5 Å². The SMILES string of the molecule is Cc1cccc(C2=C(c3ccc4c(c3)OCO4)NC(C(C)(C)C)N2)n1. The third-order valence-corrected chi connectivity index (χ3v) is 4.50. The number of aryl methyl sites for hydroxylation is 1. The Morgan fingerprint density at radius 1 is 1.00 bits per heavy atom. The van der Waals surface area contributed by atoms with Crippen molar-refractivity contribution in [1.29, 1.82) is 0 Å². The van der Waals surface area contributed by atoms with Crippen molar-refractivity contribution >= 4 is 11.4 Å². The predicted molar refractivity (Wildman–Crippen MR) is 97.9 cm³/mol. The van der Waals surface area contributed by atoms with Gasteiger partial charge in [0.1, 0.15) is 6.17 Å². The van der Waals surface area contributed by atoms with Gasteiger partial charge in [0.25, 0.3) is 0 Å². The Morgan fingerprint density at radius 2 is 1.76 bits per heavy atom. The molecule has 0 saturated carbocycles. The molecule has 2 aromatic rings. The van der Waals surface area contributed by atoms with Crippen LogP contribution in [0.1, 0.15) is 37.7 Å². The van der Waals surface area contributed by atoms with Gasteiger partial charge in [0.05, 0.1) is 17.1 Å². The normalized spacial score (nSPS) is 19.0. The fourth-order valence-electron chi connectivity index (χ4n) is 3.07. The summed E-state index contributed by atoms with van der Waals surface area (Å²) in [7, 11) is 0. The van der Waals surface area contributed by atoms with Crippen LogP contribution >= 0.6 is 0 Å². The van der Waals surface area contributed by atoms with Gasteiger partial charge in [-0.25, -0.2) is 0 Å². The summed E-state index contributed by atoms with van der Waals surface area (Å²) in [6.45, 7) is 8.92. The molecule has 1 aromatic heterocycles. The van der Waals surface area contributed by atoms with Crippen LogP contribution in [0.3, 0.4) is 0 Å². The van der Waals surface area contributed by atoms with Crippen molar-refractivity contribution in [2.75, 3.05) is 6.79 Å². The molecule has 0 radical (unpaired) electrons. The van der Waals surface area contributed by atoms with E-state index in [1.807, 2.05) is 37.3 Å². The fourth-order valence-corrected chi connectivity index (χ4v) is 3.07. The number of rotatable bonds is 2. The molecular formula is C20H23N3O2. The van der Waals surface area contributed by atoms with Gasteiger partial charge in [-0.3, -0.25) is 4.98 Å². The smallest absolute Gasteiger partial charge is 0.231 e. The average Bonchev–Trinajstić information content (AvgIpc) is 3.20. The van der Waals surface area contributed by atoms with E-state index in [-0.39, 0.29) is 18.4 Å². The summed E-state index contributed by atoms with van der Waals surface area (Å²) in [5, 5.41) is 7.26. The zero-order chi connectivity index (χ0) is 17.6.